The molecule has 52 valence electrons. The van der Waals surface area contributed by atoms with E-state index in [1.165, 1.54) is 0 Å². The Hall–Kier alpha value is 1.03. The molecule has 1 atom stereocenters. The SMILES string of the molecule is CCC[O-].O=S([O-])O.[Na+]. The summed E-state index contributed by atoms with van der Waals surface area (Å²) >= 11 is -2.86. The van der Waals surface area contributed by atoms with Gasteiger partial charge in [0.1, 0.15) is 0 Å². The second-order valence-electron chi connectivity index (χ2n) is 0.921. The van der Waals surface area contributed by atoms with Crippen LogP contribution in [0.3, 0.4) is 0 Å². The Morgan fingerprint density at radius 1 is 1.67 bits per heavy atom. The molecule has 0 aromatic heterocycles. The van der Waals surface area contributed by atoms with Crippen LogP contribution in [-0.4, -0.2) is 19.9 Å². The maximum Gasteiger partial charge on any atom is 1.00 e. The van der Waals surface area contributed by atoms with Crippen molar-refractivity contribution < 1.29 is 48.0 Å². The van der Waals surface area contributed by atoms with Crippen molar-refractivity contribution in [1.82, 2.24) is 0 Å². The fourth-order valence-electron chi connectivity index (χ4n) is 0. The summed E-state index contributed by atoms with van der Waals surface area (Å²) < 4.78 is 24.1. The average molecular weight is 163 g/mol. The van der Waals surface area contributed by atoms with E-state index in [9.17, 15) is 5.11 Å². The first-order chi connectivity index (χ1) is 3.65. The summed E-state index contributed by atoms with van der Waals surface area (Å²) in [4.78, 5) is 0. The van der Waals surface area contributed by atoms with Crippen molar-refractivity contribution in [3.63, 3.8) is 0 Å². The molecule has 0 spiro atoms. The Morgan fingerprint density at radius 2 is 1.78 bits per heavy atom. The minimum absolute atomic E-state index is 0. The molecule has 9 heavy (non-hydrogen) atoms. The van der Waals surface area contributed by atoms with E-state index in [-0.39, 0.29) is 36.2 Å². The molecule has 0 aromatic rings. The van der Waals surface area contributed by atoms with Crippen molar-refractivity contribution in [2.75, 3.05) is 6.61 Å². The quantitative estimate of drug-likeness (QED) is 0.316. The molecule has 0 aliphatic heterocycles. The largest absolute Gasteiger partial charge is 1.00 e. The van der Waals surface area contributed by atoms with Crippen LogP contribution in [0, 0.1) is 0 Å². The zero-order chi connectivity index (χ0) is 6.99. The zero-order valence-corrected chi connectivity index (χ0v) is 8.31. The number of rotatable bonds is 1. The van der Waals surface area contributed by atoms with Gasteiger partial charge in [-0.2, -0.15) is 0 Å². The van der Waals surface area contributed by atoms with Crippen molar-refractivity contribution >= 4 is 11.4 Å². The summed E-state index contributed by atoms with van der Waals surface area (Å²) in [6.45, 7) is 1.94. The molecular formula is C3H8NaO4S-. The maximum atomic E-state index is 9.30. The second-order valence-corrected chi connectivity index (χ2v) is 1.36. The van der Waals surface area contributed by atoms with E-state index in [0.29, 0.717) is 0 Å². The molecule has 0 saturated carbocycles. The van der Waals surface area contributed by atoms with Crippen molar-refractivity contribution in [3.05, 3.63) is 0 Å². The molecule has 0 bridgehead atoms. The zero-order valence-electron chi connectivity index (χ0n) is 5.49. The number of hydrogen-bond acceptors (Lipinski definition) is 3. The standard InChI is InChI=1S/C3H7O.Na.H2O3S/c1-2-3-4;;1-4(2)3/h2-3H2,1H3;;(H2,1,2,3)/q-1;+1;/p-1. The Labute approximate surface area is 79.1 Å². The van der Waals surface area contributed by atoms with Gasteiger partial charge in [0.15, 0.2) is 0 Å². The summed E-state index contributed by atoms with van der Waals surface area (Å²) in [5.41, 5.74) is 0. The third-order valence-corrected chi connectivity index (χ3v) is 0.204. The molecule has 4 nitrogen and oxygen atoms in total. The first-order valence-electron chi connectivity index (χ1n) is 2.01. The maximum absolute atomic E-state index is 9.30. The van der Waals surface area contributed by atoms with Crippen molar-refractivity contribution in [1.29, 1.82) is 0 Å². The summed E-state index contributed by atoms with van der Waals surface area (Å²) in [5.74, 6) is 0. The molecule has 0 rings (SSSR count). The van der Waals surface area contributed by atoms with Crippen LogP contribution in [0.1, 0.15) is 13.3 Å². The van der Waals surface area contributed by atoms with E-state index >= 15 is 0 Å². The molecule has 1 unspecified atom stereocenters. The van der Waals surface area contributed by atoms with Gasteiger partial charge in [-0.3, -0.25) is 0 Å². The van der Waals surface area contributed by atoms with E-state index in [4.69, 9.17) is 13.3 Å². The van der Waals surface area contributed by atoms with Gasteiger partial charge >= 0.3 is 29.6 Å². The molecule has 0 aromatic carbocycles. The molecule has 0 aliphatic carbocycles. The Morgan fingerprint density at radius 3 is 1.78 bits per heavy atom. The van der Waals surface area contributed by atoms with E-state index < -0.39 is 11.4 Å². The van der Waals surface area contributed by atoms with Crippen molar-refractivity contribution in [3.8, 4) is 0 Å². The van der Waals surface area contributed by atoms with E-state index in [2.05, 4.69) is 0 Å². The van der Waals surface area contributed by atoms with Crippen LogP contribution < -0.4 is 34.7 Å². The fourth-order valence-corrected chi connectivity index (χ4v) is 0. The third kappa shape index (κ3) is 108. The monoisotopic (exact) mass is 163 g/mol. The molecule has 0 fully saturated rings. The van der Waals surface area contributed by atoms with Crippen LogP contribution in [0.25, 0.3) is 0 Å². The minimum Gasteiger partial charge on any atom is -0.854 e. The second kappa shape index (κ2) is 16.0. The Kier molecular flexibility index (Phi) is 29.4. The van der Waals surface area contributed by atoms with Crippen molar-refractivity contribution in [2.45, 2.75) is 13.3 Å². The Balaban J connectivity index is -0.0000000720. The summed E-state index contributed by atoms with van der Waals surface area (Å²) in [6.07, 6.45) is 0.764. The molecule has 6 heteroatoms. The number of hydrogen-bond donors (Lipinski definition) is 1. The first kappa shape index (κ1) is 16.5. The topological polar surface area (TPSA) is 83.4 Å². The van der Waals surface area contributed by atoms with Gasteiger partial charge in [0.25, 0.3) is 0 Å². The molecule has 0 radical (unpaired) electrons. The summed E-state index contributed by atoms with van der Waals surface area (Å²) in [7, 11) is 0. The van der Waals surface area contributed by atoms with E-state index in [1.54, 1.807) is 0 Å². The molecule has 1 N–H and O–H groups in total. The normalized spacial score (nSPS) is 10.2. The van der Waals surface area contributed by atoms with Crippen LogP contribution in [0.5, 0.6) is 0 Å². The third-order valence-electron chi connectivity index (χ3n) is 0.204. The van der Waals surface area contributed by atoms with Gasteiger partial charge in [0.05, 0.1) is 11.4 Å². The van der Waals surface area contributed by atoms with Gasteiger partial charge in [-0.05, 0) is 0 Å². The van der Waals surface area contributed by atoms with Crippen LogP contribution in [0.15, 0.2) is 0 Å². The fraction of sp³-hybridized carbons (Fsp3) is 1.00. The van der Waals surface area contributed by atoms with Crippen LogP contribution in [0.4, 0.5) is 0 Å². The van der Waals surface area contributed by atoms with Crippen LogP contribution >= 0.6 is 0 Å². The summed E-state index contributed by atoms with van der Waals surface area (Å²) in [6, 6.07) is 0. The first-order valence-corrected chi connectivity index (χ1v) is 3.04. The predicted octanol–water partition coefficient (Wildman–Crippen LogP) is -3.90. The average Bonchev–Trinajstić information content (AvgIpc) is 1.65. The van der Waals surface area contributed by atoms with E-state index in [0.717, 1.165) is 6.42 Å². The predicted molar refractivity (Wildman–Crippen MR) is 26.7 cm³/mol. The van der Waals surface area contributed by atoms with Crippen LogP contribution in [0.2, 0.25) is 0 Å². The smallest absolute Gasteiger partial charge is 0.854 e. The molecule has 0 saturated heterocycles. The molecule has 0 aliphatic rings. The van der Waals surface area contributed by atoms with Gasteiger partial charge in [0, 0.05) is 0 Å². The van der Waals surface area contributed by atoms with Gasteiger partial charge < -0.3 is 14.2 Å². The Bertz CT molecular complexity index is 53.8. The minimum atomic E-state index is -2.86. The van der Waals surface area contributed by atoms with Gasteiger partial charge in [-0.15, -0.1) is 6.61 Å². The van der Waals surface area contributed by atoms with Crippen molar-refractivity contribution in [2.24, 2.45) is 0 Å². The van der Waals surface area contributed by atoms with Crippen LogP contribution in [-0.2, 0) is 11.4 Å². The molecule has 0 amide bonds. The molecular weight excluding hydrogens is 155 g/mol. The van der Waals surface area contributed by atoms with Gasteiger partial charge in [-0.1, -0.05) is 13.3 Å². The van der Waals surface area contributed by atoms with Gasteiger partial charge in [0.2, 0.25) is 0 Å². The van der Waals surface area contributed by atoms with E-state index in [1.807, 2.05) is 6.92 Å². The molecule has 0 heterocycles. The van der Waals surface area contributed by atoms with Gasteiger partial charge in [-0.25, -0.2) is 4.21 Å². The summed E-state index contributed by atoms with van der Waals surface area (Å²) in [5, 5.41) is 9.30.